The molecule has 0 aliphatic heterocycles. The van der Waals surface area contributed by atoms with E-state index < -0.39 is 6.04 Å². The van der Waals surface area contributed by atoms with Crippen molar-refractivity contribution in [3.63, 3.8) is 0 Å². The van der Waals surface area contributed by atoms with Crippen LogP contribution in [-0.2, 0) is 15.3 Å². The summed E-state index contributed by atoms with van der Waals surface area (Å²) in [5.74, 6) is 1.15. The minimum Gasteiger partial charge on any atom is -0.462 e. The molecule has 0 aliphatic carbocycles. The van der Waals surface area contributed by atoms with Crippen molar-refractivity contribution in [2.24, 2.45) is 5.73 Å². The van der Waals surface area contributed by atoms with Gasteiger partial charge in [0.05, 0.1) is 6.10 Å². The minimum atomic E-state index is -0.535. The number of ether oxygens (including phenoxy) is 1. The van der Waals surface area contributed by atoms with Gasteiger partial charge in [-0.1, -0.05) is 37.3 Å². The van der Waals surface area contributed by atoms with Crippen LogP contribution >= 0.6 is 11.8 Å². The zero-order chi connectivity index (χ0) is 13.4. The Kier molecular flexibility index (Phi) is 6.83. The molecule has 18 heavy (non-hydrogen) atoms. The lowest BCUT2D eigenvalue weighted by molar-refractivity contribution is -0.149. The van der Waals surface area contributed by atoms with Gasteiger partial charge in [0.25, 0.3) is 0 Å². The summed E-state index contributed by atoms with van der Waals surface area (Å²) in [5, 5.41) is 0. The first kappa shape index (κ1) is 15.1. The Morgan fingerprint density at radius 1 is 1.39 bits per heavy atom. The maximum Gasteiger partial charge on any atom is 0.324 e. The standard InChI is InChI=1S/C14H21NO2S/c1-3-11(2)17-14(16)13(15)10-18-9-12-7-5-4-6-8-12/h4-8,11,13H,3,9-10,15H2,1-2H3/t11?,13-/m0/s1. The number of hydrogen-bond donors (Lipinski definition) is 1. The predicted octanol–water partition coefficient (Wildman–Crippen LogP) is 2.59. The molecule has 1 aromatic rings. The Bertz CT molecular complexity index is 356. The first-order valence-electron chi connectivity index (χ1n) is 6.21. The Morgan fingerprint density at radius 3 is 2.67 bits per heavy atom. The summed E-state index contributed by atoms with van der Waals surface area (Å²) in [5.41, 5.74) is 7.03. The van der Waals surface area contributed by atoms with E-state index in [4.69, 9.17) is 10.5 Å². The fraction of sp³-hybridized carbons (Fsp3) is 0.500. The molecule has 0 aliphatic rings. The highest BCUT2D eigenvalue weighted by Crippen LogP contribution is 2.13. The van der Waals surface area contributed by atoms with E-state index in [1.165, 1.54) is 5.56 Å². The molecule has 0 bridgehead atoms. The summed E-state index contributed by atoms with van der Waals surface area (Å²) in [6.07, 6.45) is 0.762. The third-order valence-electron chi connectivity index (χ3n) is 2.60. The zero-order valence-electron chi connectivity index (χ0n) is 11.0. The van der Waals surface area contributed by atoms with Crippen LogP contribution in [0, 0.1) is 0 Å². The Balaban J connectivity index is 2.24. The molecule has 0 amide bonds. The predicted molar refractivity (Wildman–Crippen MR) is 76.4 cm³/mol. The number of thioether (sulfide) groups is 1. The van der Waals surface area contributed by atoms with Crippen LogP contribution in [-0.4, -0.2) is 23.9 Å². The van der Waals surface area contributed by atoms with Gasteiger partial charge in [0.1, 0.15) is 6.04 Å². The van der Waals surface area contributed by atoms with Crippen LogP contribution in [0.3, 0.4) is 0 Å². The van der Waals surface area contributed by atoms with Gasteiger partial charge in [-0.2, -0.15) is 11.8 Å². The lowest BCUT2D eigenvalue weighted by Gasteiger charge is -2.15. The SMILES string of the molecule is CCC(C)OC(=O)[C@@H](N)CSCc1ccccc1. The molecule has 0 spiro atoms. The van der Waals surface area contributed by atoms with E-state index >= 15 is 0 Å². The molecule has 0 aromatic heterocycles. The van der Waals surface area contributed by atoms with E-state index in [1.54, 1.807) is 11.8 Å². The summed E-state index contributed by atoms with van der Waals surface area (Å²) in [6.45, 7) is 3.86. The quantitative estimate of drug-likeness (QED) is 0.772. The van der Waals surface area contributed by atoms with Crippen LogP contribution in [0.1, 0.15) is 25.8 Å². The molecular formula is C14H21NO2S. The first-order chi connectivity index (χ1) is 8.63. The van der Waals surface area contributed by atoms with Crippen molar-refractivity contribution >= 4 is 17.7 Å². The monoisotopic (exact) mass is 267 g/mol. The molecule has 2 atom stereocenters. The third kappa shape index (κ3) is 5.56. The average Bonchev–Trinajstić information content (AvgIpc) is 2.39. The van der Waals surface area contributed by atoms with Crippen LogP contribution in [0.15, 0.2) is 30.3 Å². The summed E-state index contributed by atoms with van der Waals surface area (Å²) in [4.78, 5) is 11.6. The van der Waals surface area contributed by atoms with Gasteiger partial charge in [-0.05, 0) is 18.9 Å². The van der Waals surface area contributed by atoms with Gasteiger partial charge in [0.15, 0.2) is 0 Å². The molecule has 3 nitrogen and oxygen atoms in total. The van der Waals surface area contributed by atoms with Crippen molar-refractivity contribution in [2.75, 3.05) is 5.75 Å². The van der Waals surface area contributed by atoms with Crippen molar-refractivity contribution in [1.29, 1.82) is 0 Å². The largest absolute Gasteiger partial charge is 0.462 e. The van der Waals surface area contributed by atoms with Gasteiger partial charge in [-0.3, -0.25) is 4.79 Å². The second-order valence-corrected chi connectivity index (χ2v) is 5.29. The van der Waals surface area contributed by atoms with Crippen molar-refractivity contribution in [1.82, 2.24) is 0 Å². The third-order valence-corrected chi connectivity index (χ3v) is 3.74. The van der Waals surface area contributed by atoms with Gasteiger partial charge in [0.2, 0.25) is 0 Å². The molecular weight excluding hydrogens is 246 g/mol. The van der Waals surface area contributed by atoms with Crippen molar-refractivity contribution in [3.8, 4) is 0 Å². The van der Waals surface area contributed by atoms with Crippen molar-refractivity contribution in [2.45, 2.75) is 38.2 Å². The number of nitrogens with two attached hydrogens (primary N) is 1. The van der Waals surface area contributed by atoms with E-state index in [1.807, 2.05) is 32.0 Å². The highest BCUT2D eigenvalue weighted by atomic mass is 32.2. The van der Waals surface area contributed by atoms with Crippen LogP contribution < -0.4 is 5.73 Å². The van der Waals surface area contributed by atoms with Crippen LogP contribution in [0.4, 0.5) is 0 Å². The minimum absolute atomic E-state index is 0.0531. The van der Waals surface area contributed by atoms with Crippen LogP contribution in [0.5, 0.6) is 0 Å². The Morgan fingerprint density at radius 2 is 2.06 bits per heavy atom. The maximum atomic E-state index is 11.6. The number of rotatable bonds is 7. The molecule has 4 heteroatoms. The Hall–Kier alpha value is -1.00. The lowest BCUT2D eigenvalue weighted by atomic mass is 10.2. The van der Waals surface area contributed by atoms with Crippen LogP contribution in [0.25, 0.3) is 0 Å². The van der Waals surface area contributed by atoms with Crippen molar-refractivity contribution in [3.05, 3.63) is 35.9 Å². The highest BCUT2D eigenvalue weighted by molar-refractivity contribution is 7.98. The Labute approximate surface area is 113 Å². The molecule has 0 fully saturated rings. The topological polar surface area (TPSA) is 52.3 Å². The van der Waals surface area contributed by atoms with Gasteiger partial charge >= 0.3 is 5.97 Å². The number of esters is 1. The van der Waals surface area contributed by atoms with Gasteiger partial charge in [-0.15, -0.1) is 0 Å². The van der Waals surface area contributed by atoms with Crippen LogP contribution in [0.2, 0.25) is 0 Å². The first-order valence-corrected chi connectivity index (χ1v) is 7.36. The molecule has 0 saturated carbocycles. The van der Waals surface area contributed by atoms with Gasteiger partial charge in [0, 0.05) is 11.5 Å². The van der Waals surface area contributed by atoms with Gasteiger partial charge in [-0.25, -0.2) is 0 Å². The molecule has 1 unspecified atom stereocenters. The second kappa shape index (κ2) is 8.16. The fourth-order valence-electron chi connectivity index (χ4n) is 1.32. The summed E-state index contributed by atoms with van der Waals surface area (Å²) < 4.78 is 5.19. The molecule has 100 valence electrons. The number of hydrogen-bond acceptors (Lipinski definition) is 4. The second-order valence-electron chi connectivity index (χ2n) is 4.26. The molecule has 2 N–H and O–H groups in total. The zero-order valence-corrected chi connectivity index (χ0v) is 11.8. The lowest BCUT2D eigenvalue weighted by Crippen LogP contribution is -2.36. The average molecular weight is 267 g/mol. The summed E-state index contributed by atoms with van der Waals surface area (Å²) >= 11 is 1.65. The van der Waals surface area contributed by atoms with Crippen molar-refractivity contribution < 1.29 is 9.53 Å². The summed E-state index contributed by atoms with van der Waals surface area (Å²) in [6, 6.07) is 9.60. The number of carbonyl (C=O) groups excluding carboxylic acids is 1. The fourth-order valence-corrected chi connectivity index (χ4v) is 2.25. The summed E-state index contributed by atoms with van der Waals surface area (Å²) in [7, 11) is 0. The highest BCUT2D eigenvalue weighted by Gasteiger charge is 2.17. The van der Waals surface area contributed by atoms with E-state index in [2.05, 4.69) is 12.1 Å². The molecule has 1 rings (SSSR count). The van der Waals surface area contributed by atoms with E-state index in [9.17, 15) is 4.79 Å². The number of carbonyl (C=O) groups is 1. The normalized spacial score (nSPS) is 13.9. The molecule has 1 aromatic carbocycles. The number of benzene rings is 1. The van der Waals surface area contributed by atoms with E-state index in [0.717, 1.165) is 12.2 Å². The van der Waals surface area contributed by atoms with E-state index in [-0.39, 0.29) is 12.1 Å². The molecule has 0 saturated heterocycles. The van der Waals surface area contributed by atoms with E-state index in [0.29, 0.717) is 5.75 Å². The molecule has 0 radical (unpaired) electrons. The molecule has 0 heterocycles. The smallest absolute Gasteiger partial charge is 0.324 e. The maximum absolute atomic E-state index is 11.6. The van der Waals surface area contributed by atoms with Gasteiger partial charge < -0.3 is 10.5 Å².